The Morgan fingerprint density at radius 3 is 2.11 bits per heavy atom. The average Bonchev–Trinajstić information content (AvgIpc) is 2.84. The fourth-order valence-corrected chi connectivity index (χ4v) is 3.16. The van der Waals surface area contributed by atoms with Crippen LogP contribution in [0.25, 0.3) is 6.08 Å². The second-order valence-corrected chi connectivity index (χ2v) is 8.00. The fourth-order valence-electron chi connectivity index (χ4n) is 3.16. The summed E-state index contributed by atoms with van der Waals surface area (Å²) in [7, 11) is 0. The quantitative estimate of drug-likeness (QED) is 0.120. The van der Waals surface area contributed by atoms with Gasteiger partial charge in [0.05, 0.1) is 12.2 Å². The van der Waals surface area contributed by atoms with Gasteiger partial charge < -0.3 is 25.7 Å². The van der Waals surface area contributed by atoms with Crippen LogP contribution in [0.2, 0.25) is 0 Å². The third-order valence-corrected chi connectivity index (χ3v) is 4.88. The van der Waals surface area contributed by atoms with E-state index in [1.54, 1.807) is 48.5 Å². The van der Waals surface area contributed by atoms with Gasteiger partial charge in [0.1, 0.15) is 18.1 Å². The molecule has 194 valence electrons. The van der Waals surface area contributed by atoms with Gasteiger partial charge in [0, 0.05) is 23.9 Å². The number of alkyl halides is 3. The Morgan fingerprint density at radius 1 is 0.865 bits per heavy atom. The van der Waals surface area contributed by atoms with Gasteiger partial charge in [-0.25, -0.2) is 9.59 Å². The summed E-state index contributed by atoms with van der Waals surface area (Å²) in [5.41, 5.74) is 14.0. The third-order valence-electron chi connectivity index (χ3n) is 4.88. The average molecular weight is 515 g/mol. The molecule has 37 heavy (non-hydrogen) atoms. The van der Waals surface area contributed by atoms with Gasteiger partial charge in [0.15, 0.2) is 0 Å². The zero-order valence-corrected chi connectivity index (χ0v) is 19.7. The summed E-state index contributed by atoms with van der Waals surface area (Å²) in [5, 5.41) is 0. The first-order valence-electron chi connectivity index (χ1n) is 11.2. The Labute approximate surface area is 211 Å². The van der Waals surface area contributed by atoms with Crippen molar-refractivity contribution in [1.82, 2.24) is 0 Å². The molecule has 0 aromatic heterocycles. The van der Waals surface area contributed by atoms with Crippen molar-refractivity contribution in [2.24, 2.45) is 0 Å². The summed E-state index contributed by atoms with van der Waals surface area (Å²) >= 11 is 0. The Bertz CT molecular complexity index is 1220. The number of hydrogen-bond donors (Lipinski definition) is 2. The van der Waals surface area contributed by atoms with E-state index in [-0.39, 0.29) is 30.9 Å². The van der Waals surface area contributed by atoms with Gasteiger partial charge in [-0.3, -0.25) is 0 Å². The molecule has 3 aromatic rings. The van der Waals surface area contributed by atoms with E-state index >= 15 is 0 Å². The second kappa shape index (κ2) is 12.5. The van der Waals surface area contributed by atoms with Crippen molar-refractivity contribution in [2.45, 2.75) is 25.6 Å². The first kappa shape index (κ1) is 27.1. The molecule has 0 heterocycles. The van der Waals surface area contributed by atoms with E-state index in [1.807, 2.05) is 0 Å². The largest absolute Gasteiger partial charge is 0.494 e. The number of hydrogen-bond acceptors (Lipinski definition) is 7. The van der Waals surface area contributed by atoms with Crippen LogP contribution in [0.5, 0.6) is 11.5 Å². The van der Waals surface area contributed by atoms with Crippen molar-refractivity contribution in [3.05, 3.63) is 89.5 Å². The van der Waals surface area contributed by atoms with Crippen molar-refractivity contribution >= 4 is 29.4 Å². The van der Waals surface area contributed by atoms with Crippen LogP contribution in [0.3, 0.4) is 0 Å². The smallest absolute Gasteiger partial charge is 0.389 e. The summed E-state index contributed by atoms with van der Waals surface area (Å²) in [4.78, 5) is 24.3. The summed E-state index contributed by atoms with van der Waals surface area (Å²) in [6.45, 7) is -0.0580. The molecule has 0 atom stereocenters. The Balaban J connectivity index is 1.45. The molecule has 7 nitrogen and oxygen atoms in total. The van der Waals surface area contributed by atoms with Crippen molar-refractivity contribution < 1.29 is 37.0 Å². The van der Waals surface area contributed by atoms with Crippen molar-refractivity contribution in [2.75, 3.05) is 18.1 Å². The molecule has 0 radical (unpaired) electrons. The van der Waals surface area contributed by atoms with Gasteiger partial charge in [-0.05, 0) is 78.2 Å². The van der Waals surface area contributed by atoms with Gasteiger partial charge in [-0.2, -0.15) is 13.2 Å². The first-order valence-corrected chi connectivity index (χ1v) is 11.2. The molecule has 0 aliphatic carbocycles. The van der Waals surface area contributed by atoms with Gasteiger partial charge in [0.25, 0.3) is 0 Å². The van der Waals surface area contributed by atoms with E-state index in [9.17, 15) is 22.8 Å². The second-order valence-electron chi connectivity index (χ2n) is 8.00. The van der Waals surface area contributed by atoms with Gasteiger partial charge in [0.2, 0.25) is 0 Å². The molecule has 3 aromatic carbocycles. The number of esters is 2. The minimum absolute atomic E-state index is 0.0263. The van der Waals surface area contributed by atoms with E-state index in [2.05, 4.69) is 0 Å². The maximum absolute atomic E-state index is 12.3. The molecule has 0 fully saturated rings. The zero-order valence-electron chi connectivity index (χ0n) is 19.7. The van der Waals surface area contributed by atoms with Crippen LogP contribution in [-0.2, 0) is 16.1 Å². The topological polar surface area (TPSA) is 114 Å². The number of rotatable bonds is 10. The molecular formula is C27H25F3N2O5. The molecule has 10 heteroatoms. The maximum Gasteiger partial charge on any atom is 0.389 e. The van der Waals surface area contributed by atoms with E-state index in [0.29, 0.717) is 28.3 Å². The molecule has 0 bridgehead atoms. The molecule has 0 unspecified atom stereocenters. The minimum Gasteiger partial charge on any atom is -0.494 e. The normalized spacial score (nSPS) is 11.3. The van der Waals surface area contributed by atoms with Crippen LogP contribution in [0, 0.1) is 0 Å². The van der Waals surface area contributed by atoms with Gasteiger partial charge >= 0.3 is 18.1 Å². The SMILES string of the molecule is Nc1cc(N)cc(COC(=O)C=Cc2ccc(OC(=O)c3ccc(OCCCC(F)(F)F)cc3)cc2)c1. The lowest BCUT2D eigenvalue weighted by Crippen LogP contribution is -2.10. The molecule has 4 N–H and O–H groups in total. The molecule has 3 rings (SSSR count). The standard InChI is InChI=1S/C27H25F3N2O5/c28-27(29,30)12-1-13-35-23-9-5-20(6-10-23)26(34)37-24-7-2-18(3-8-24)4-11-25(33)36-17-19-14-21(31)16-22(32)15-19/h2-11,14-16H,1,12-13,17,31-32H2. The number of benzene rings is 3. The predicted octanol–water partition coefficient (Wildman–Crippen LogP) is 5.55. The van der Waals surface area contributed by atoms with Gasteiger partial charge in [-0.1, -0.05) is 12.1 Å². The highest BCUT2D eigenvalue weighted by molar-refractivity contribution is 5.91. The summed E-state index contributed by atoms with van der Waals surface area (Å²) in [5.74, 6) is -0.524. The Hall–Kier alpha value is -4.47. The number of halogens is 3. The molecule has 0 aliphatic rings. The van der Waals surface area contributed by atoms with Crippen LogP contribution in [0.15, 0.2) is 72.8 Å². The Morgan fingerprint density at radius 2 is 1.49 bits per heavy atom. The number of carbonyl (C=O) groups excluding carboxylic acids is 2. The summed E-state index contributed by atoms with van der Waals surface area (Å²) < 4.78 is 52.2. The molecule has 0 amide bonds. The number of carbonyl (C=O) groups is 2. The number of nitrogen functional groups attached to an aromatic ring is 2. The van der Waals surface area contributed by atoms with Crippen molar-refractivity contribution in [1.29, 1.82) is 0 Å². The number of nitrogens with two attached hydrogens (primary N) is 2. The van der Waals surface area contributed by atoms with Crippen LogP contribution < -0.4 is 20.9 Å². The molecule has 0 aliphatic heterocycles. The van der Waals surface area contributed by atoms with E-state index in [1.165, 1.54) is 30.3 Å². The highest BCUT2D eigenvalue weighted by Crippen LogP contribution is 2.22. The van der Waals surface area contributed by atoms with Gasteiger partial charge in [-0.15, -0.1) is 0 Å². The van der Waals surface area contributed by atoms with Crippen molar-refractivity contribution in [3.8, 4) is 11.5 Å². The molecular weight excluding hydrogens is 489 g/mol. The van der Waals surface area contributed by atoms with Crippen LogP contribution in [-0.4, -0.2) is 24.7 Å². The highest BCUT2D eigenvalue weighted by atomic mass is 19.4. The lowest BCUT2D eigenvalue weighted by Gasteiger charge is -2.09. The first-order chi connectivity index (χ1) is 17.6. The van der Waals surface area contributed by atoms with Crippen LogP contribution >= 0.6 is 0 Å². The zero-order chi connectivity index (χ0) is 26.8. The maximum atomic E-state index is 12.3. The minimum atomic E-state index is -4.22. The number of ether oxygens (including phenoxy) is 3. The summed E-state index contributed by atoms with van der Waals surface area (Å²) in [6.07, 6.45) is -2.47. The lowest BCUT2D eigenvalue weighted by atomic mass is 10.2. The monoisotopic (exact) mass is 514 g/mol. The third kappa shape index (κ3) is 9.60. The van der Waals surface area contributed by atoms with Crippen LogP contribution in [0.1, 0.15) is 34.3 Å². The van der Waals surface area contributed by atoms with E-state index in [4.69, 9.17) is 25.7 Å². The summed E-state index contributed by atoms with van der Waals surface area (Å²) in [6, 6.07) is 17.3. The van der Waals surface area contributed by atoms with Crippen LogP contribution in [0.4, 0.5) is 24.5 Å². The number of anilines is 2. The molecule has 0 saturated carbocycles. The predicted molar refractivity (Wildman–Crippen MR) is 133 cm³/mol. The fraction of sp³-hybridized carbons (Fsp3) is 0.185. The Kier molecular flexibility index (Phi) is 9.15. The molecule has 0 spiro atoms. The van der Waals surface area contributed by atoms with E-state index < -0.39 is 24.5 Å². The highest BCUT2D eigenvalue weighted by Gasteiger charge is 2.26. The van der Waals surface area contributed by atoms with E-state index in [0.717, 1.165) is 0 Å². The lowest BCUT2D eigenvalue weighted by molar-refractivity contribution is -0.139. The van der Waals surface area contributed by atoms with Crippen molar-refractivity contribution in [3.63, 3.8) is 0 Å². The molecule has 0 saturated heterocycles.